The van der Waals surface area contributed by atoms with Crippen molar-refractivity contribution in [1.82, 2.24) is 46.4 Å². The molecule has 8 rings (SSSR count). The van der Waals surface area contributed by atoms with Gasteiger partial charge in [-0.15, -0.1) is 0 Å². The number of unbranched alkanes of at least 4 members (excludes halogenated alkanes) is 3. The Kier molecular flexibility index (Phi) is 16.6. The van der Waals surface area contributed by atoms with Gasteiger partial charge in [-0.05, 0) is 73.8 Å². The summed E-state index contributed by atoms with van der Waals surface area (Å²) in [4.78, 5) is 133. The number of nitrogens with zero attached hydrogens (tertiary/aromatic N) is 3. The lowest BCUT2D eigenvalue weighted by molar-refractivity contribution is -0.172. The Morgan fingerprint density at radius 3 is 2.27 bits per heavy atom. The third-order valence-corrected chi connectivity index (χ3v) is 13.9. The molecule has 0 bridgehead atoms. The molecule has 22 heteroatoms. The molecular formula is C53H58FN9O12. The van der Waals surface area contributed by atoms with Crippen LogP contribution in [-0.2, 0) is 79.5 Å². The van der Waals surface area contributed by atoms with Crippen molar-refractivity contribution in [3.05, 3.63) is 110 Å². The number of halogens is 1. The number of cyclic esters (lactones) is 1. The maximum Gasteiger partial charge on any atom is 0.343 e. The molecule has 3 atom stereocenters. The summed E-state index contributed by atoms with van der Waals surface area (Å²) in [6, 6.07) is 11.6. The minimum absolute atomic E-state index is 0.0302. The topological polar surface area (TPSA) is 293 Å². The molecule has 21 nitrogen and oxygen atoms in total. The Labute approximate surface area is 429 Å². The second-order valence-electron chi connectivity index (χ2n) is 18.9. The Hall–Kier alpha value is -8.14. The van der Waals surface area contributed by atoms with Crippen molar-refractivity contribution in [1.29, 1.82) is 0 Å². The summed E-state index contributed by atoms with van der Waals surface area (Å²) in [6.45, 7) is 0.573. The van der Waals surface area contributed by atoms with Crippen molar-refractivity contribution in [2.24, 2.45) is 0 Å². The van der Waals surface area contributed by atoms with Gasteiger partial charge in [-0.3, -0.25) is 48.1 Å². The maximum atomic E-state index is 15.0. The SMILES string of the molecule is CC[C@@]1(O)C(=O)OCc2c1cc1n(c2=O)Cc2c-1nc1cc(F)cc3c1c2[C@@H](NC(=O)CCCCNC(=O)CNC(=O)[C@H](Cc1ccccc1)NC(=O)CNC(=O)CNC(=O)CCCCCN1C(=O)C=CC1=O)CC3. The fourth-order valence-electron chi connectivity index (χ4n) is 9.92. The normalized spacial score (nSPS) is 17.3. The zero-order valence-corrected chi connectivity index (χ0v) is 41.3. The quantitative estimate of drug-likeness (QED) is 0.0275. The molecule has 5 heterocycles. The molecule has 0 fully saturated rings. The molecule has 3 aliphatic heterocycles. The van der Waals surface area contributed by atoms with E-state index < -0.39 is 71.7 Å². The third-order valence-electron chi connectivity index (χ3n) is 13.9. The molecule has 0 radical (unpaired) electrons. The van der Waals surface area contributed by atoms with Crippen LogP contribution < -0.4 is 37.5 Å². The molecule has 7 N–H and O–H groups in total. The van der Waals surface area contributed by atoms with Gasteiger partial charge in [0.2, 0.25) is 35.4 Å². The number of fused-ring (bicyclic) bond motifs is 5. The van der Waals surface area contributed by atoms with E-state index >= 15 is 0 Å². The van der Waals surface area contributed by atoms with Crippen LogP contribution in [-0.4, -0.2) is 112 Å². The smallest absolute Gasteiger partial charge is 0.343 e. The molecule has 0 spiro atoms. The fraction of sp³-hybridized carbons (Fsp3) is 0.415. The van der Waals surface area contributed by atoms with E-state index in [-0.39, 0.29) is 93.2 Å². The highest BCUT2D eigenvalue weighted by atomic mass is 19.1. The Bertz CT molecular complexity index is 3050. The minimum atomic E-state index is -2.03. The van der Waals surface area contributed by atoms with Gasteiger partial charge in [-0.25, -0.2) is 14.2 Å². The molecule has 8 amide bonds. The fourth-order valence-corrected chi connectivity index (χ4v) is 9.92. The number of carbonyl (C=O) groups excluding carboxylic acids is 9. The van der Waals surface area contributed by atoms with E-state index in [0.29, 0.717) is 72.8 Å². The molecule has 394 valence electrons. The number of benzene rings is 2. The zero-order chi connectivity index (χ0) is 53.4. The summed E-state index contributed by atoms with van der Waals surface area (Å²) in [5, 5.41) is 27.9. The van der Waals surface area contributed by atoms with Gasteiger partial charge in [0.05, 0.1) is 54.7 Å². The number of pyridine rings is 2. The first-order valence-electron chi connectivity index (χ1n) is 25.1. The summed E-state index contributed by atoms with van der Waals surface area (Å²) in [7, 11) is 0. The van der Waals surface area contributed by atoms with Gasteiger partial charge in [0.1, 0.15) is 18.5 Å². The number of rotatable bonds is 23. The molecule has 1 aliphatic carbocycles. The van der Waals surface area contributed by atoms with E-state index in [0.717, 1.165) is 21.6 Å². The highest BCUT2D eigenvalue weighted by molar-refractivity contribution is 6.12. The number of aliphatic hydroxyl groups is 1. The molecule has 75 heavy (non-hydrogen) atoms. The first-order valence-corrected chi connectivity index (χ1v) is 25.1. The highest BCUT2D eigenvalue weighted by Gasteiger charge is 2.46. The van der Waals surface area contributed by atoms with Crippen molar-refractivity contribution in [2.45, 2.75) is 108 Å². The van der Waals surface area contributed by atoms with Crippen LogP contribution in [0.15, 0.2) is 65.5 Å². The van der Waals surface area contributed by atoms with Gasteiger partial charge < -0.3 is 46.3 Å². The monoisotopic (exact) mass is 1030 g/mol. The van der Waals surface area contributed by atoms with E-state index in [9.17, 15) is 57.4 Å². The number of amides is 8. The molecule has 2 aromatic carbocycles. The van der Waals surface area contributed by atoms with Crippen molar-refractivity contribution >= 4 is 64.1 Å². The summed E-state index contributed by atoms with van der Waals surface area (Å²) in [6.07, 6.45) is 5.98. The van der Waals surface area contributed by atoms with E-state index in [2.05, 4.69) is 31.9 Å². The molecule has 2 aromatic heterocycles. The van der Waals surface area contributed by atoms with E-state index in [1.54, 1.807) is 43.3 Å². The predicted molar refractivity (Wildman–Crippen MR) is 266 cm³/mol. The van der Waals surface area contributed by atoms with Gasteiger partial charge >= 0.3 is 5.97 Å². The zero-order valence-electron chi connectivity index (χ0n) is 41.3. The van der Waals surface area contributed by atoms with E-state index in [4.69, 9.17) is 9.72 Å². The lowest BCUT2D eigenvalue weighted by atomic mass is 9.83. The molecule has 0 unspecified atom stereocenters. The number of ether oxygens (including phenoxy) is 1. The second kappa shape index (κ2) is 23.4. The summed E-state index contributed by atoms with van der Waals surface area (Å²) < 4.78 is 21.7. The largest absolute Gasteiger partial charge is 0.458 e. The summed E-state index contributed by atoms with van der Waals surface area (Å²) in [5.74, 6) is -5.20. The third kappa shape index (κ3) is 12.1. The average Bonchev–Trinajstić information content (AvgIpc) is 3.93. The first kappa shape index (κ1) is 53.2. The van der Waals surface area contributed by atoms with Crippen molar-refractivity contribution in [3.8, 4) is 11.4 Å². The Morgan fingerprint density at radius 1 is 0.813 bits per heavy atom. The van der Waals surface area contributed by atoms with Crippen LogP contribution in [0.25, 0.3) is 22.3 Å². The number of esters is 1. The first-order chi connectivity index (χ1) is 36.0. The lowest BCUT2D eigenvalue weighted by Gasteiger charge is -2.31. The van der Waals surface area contributed by atoms with Crippen LogP contribution in [0.4, 0.5) is 4.39 Å². The van der Waals surface area contributed by atoms with E-state index in [1.165, 1.54) is 28.9 Å². The molecular weight excluding hydrogens is 974 g/mol. The molecule has 0 saturated heterocycles. The Balaban J connectivity index is 0.778. The molecule has 4 aliphatic rings. The number of aryl methyl sites for hydroxylation is 1. The van der Waals surface area contributed by atoms with Gasteiger partial charge in [0, 0.05) is 67.1 Å². The number of hydrogen-bond donors (Lipinski definition) is 7. The van der Waals surface area contributed by atoms with Crippen LogP contribution in [0.5, 0.6) is 0 Å². The van der Waals surface area contributed by atoms with Crippen LogP contribution in [0, 0.1) is 5.82 Å². The summed E-state index contributed by atoms with van der Waals surface area (Å²) in [5.41, 5.74) is 1.80. The van der Waals surface area contributed by atoms with Gasteiger partial charge in [-0.2, -0.15) is 0 Å². The van der Waals surface area contributed by atoms with Crippen molar-refractivity contribution in [3.63, 3.8) is 0 Å². The Morgan fingerprint density at radius 2 is 1.51 bits per heavy atom. The van der Waals surface area contributed by atoms with Crippen molar-refractivity contribution in [2.75, 3.05) is 32.7 Å². The van der Waals surface area contributed by atoms with Crippen molar-refractivity contribution < 1.29 is 57.4 Å². The number of nitrogens with one attached hydrogen (secondary N) is 6. The maximum absolute atomic E-state index is 15.0. The van der Waals surface area contributed by atoms with Gasteiger partial charge in [-0.1, -0.05) is 43.7 Å². The number of imide groups is 1. The number of aromatic nitrogens is 2. The standard InChI is InChI=1S/C53H58FN9O12/c1-2-53(74)35-24-39-49-33(28-63(39)51(72)34(35)29-75-52(53)73)48-36(16-15-31-22-32(54)23-37(61-49)47(31)48)59-41(65)14-8-9-19-55-42(66)26-58-50(71)38(21-30-11-5-3-6-12-30)60-44(68)27-57-43(67)25-56-40(64)13-7-4-10-20-62-45(69)17-18-46(62)70/h3,5-6,11-12,17-18,22-24,36,38,74H,2,4,7-10,13-16,19-21,25-29H2,1H3,(H,55,66)(H,56,64)(H,57,67)(H,58,71)(H,59,65)(H,60,68)/t36-,38-,53-/m0/s1. The van der Waals surface area contributed by atoms with E-state index in [1.807, 2.05) is 0 Å². The van der Waals surface area contributed by atoms with Crippen LogP contribution in [0.2, 0.25) is 0 Å². The van der Waals surface area contributed by atoms with Crippen LogP contribution in [0.3, 0.4) is 0 Å². The second-order valence-corrected chi connectivity index (χ2v) is 18.9. The average molecular weight is 1030 g/mol. The number of carbonyl (C=O) groups is 9. The highest BCUT2D eigenvalue weighted by Crippen LogP contribution is 2.45. The molecule has 0 saturated carbocycles. The minimum Gasteiger partial charge on any atom is -0.458 e. The lowest BCUT2D eigenvalue weighted by Crippen LogP contribution is -2.52. The summed E-state index contributed by atoms with van der Waals surface area (Å²) >= 11 is 0. The predicted octanol–water partition coefficient (Wildman–Crippen LogP) is 1.17. The van der Waals surface area contributed by atoms with Crippen LogP contribution in [0.1, 0.15) is 104 Å². The molecule has 4 aromatic rings. The number of hydrogen-bond acceptors (Lipinski definition) is 13. The van der Waals surface area contributed by atoms with Crippen LogP contribution >= 0.6 is 0 Å². The van der Waals surface area contributed by atoms with Gasteiger partial charge in [0.15, 0.2) is 5.60 Å². The van der Waals surface area contributed by atoms with Gasteiger partial charge in [0.25, 0.3) is 17.4 Å².